The summed E-state index contributed by atoms with van der Waals surface area (Å²) in [4.78, 5) is 57.3. The van der Waals surface area contributed by atoms with Gasteiger partial charge in [0.25, 0.3) is 0 Å². The summed E-state index contributed by atoms with van der Waals surface area (Å²) in [6.07, 6.45) is 1.97. The number of hydrogen-bond donors (Lipinski definition) is 6. The molecule has 0 spiro atoms. The Morgan fingerprint density at radius 1 is 0.596 bits per heavy atom. The molecule has 11 heteroatoms. The molecule has 0 saturated heterocycles. The number of hydrogen-bond acceptors (Lipinski definition) is 8. The van der Waals surface area contributed by atoms with Crippen molar-refractivity contribution in [2.45, 2.75) is 78.9 Å². The number of rotatable bonds is 17. The van der Waals surface area contributed by atoms with Crippen molar-refractivity contribution in [1.82, 2.24) is 21.3 Å². The third kappa shape index (κ3) is 20.0. The average Bonchev–Trinajstić information content (AvgIpc) is 3.04. The molecule has 0 aliphatic carbocycles. The van der Waals surface area contributed by atoms with Crippen molar-refractivity contribution in [3.63, 3.8) is 0 Å². The van der Waals surface area contributed by atoms with Gasteiger partial charge in [0.1, 0.15) is 6.04 Å². The number of aliphatic carboxylic acids is 1. The van der Waals surface area contributed by atoms with Crippen molar-refractivity contribution in [3.8, 4) is 0 Å². The maximum Gasteiger partial charge on any atom is 0.320 e. The predicted octanol–water partition coefficient (Wildman–Crippen LogP) is 3.68. The van der Waals surface area contributed by atoms with Crippen molar-refractivity contribution in [2.75, 3.05) is 27.2 Å². The van der Waals surface area contributed by atoms with Gasteiger partial charge < -0.3 is 21.5 Å². The number of carboxylic acids is 1. The van der Waals surface area contributed by atoms with Crippen molar-refractivity contribution in [1.29, 1.82) is 0 Å². The van der Waals surface area contributed by atoms with Crippen LogP contribution in [-0.2, 0) is 14.4 Å². The number of carbonyl (C=O) groups is 5. The van der Waals surface area contributed by atoms with Gasteiger partial charge in [0.05, 0.1) is 25.2 Å². The fourth-order valence-corrected chi connectivity index (χ4v) is 4.36. The lowest BCUT2D eigenvalue weighted by Gasteiger charge is -2.18. The number of amides is 2. The predicted molar refractivity (Wildman–Crippen MR) is 187 cm³/mol. The van der Waals surface area contributed by atoms with Gasteiger partial charge in [-0.25, -0.2) is 0 Å². The molecule has 0 radical (unpaired) electrons. The van der Waals surface area contributed by atoms with Gasteiger partial charge in [0, 0.05) is 25.2 Å². The second-order valence-corrected chi connectivity index (χ2v) is 12.5. The first-order valence-electron chi connectivity index (χ1n) is 16.2. The van der Waals surface area contributed by atoms with Crippen molar-refractivity contribution in [2.24, 2.45) is 23.5 Å². The molecule has 2 aromatic rings. The van der Waals surface area contributed by atoms with E-state index in [-0.39, 0.29) is 54.5 Å². The largest absolute Gasteiger partial charge is 0.480 e. The van der Waals surface area contributed by atoms with Gasteiger partial charge in [-0.15, -0.1) is 0 Å². The maximum absolute atomic E-state index is 12.0. The van der Waals surface area contributed by atoms with E-state index < -0.39 is 12.0 Å². The summed E-state index contributed by atoms with van der Waals surface area (Å²) in [6, 6.07) is 16.6. The normalized spacial score (nSPS) is 12.5. The lowest BCUT2D eigenvalue weighted by atomic mass is 10.0. The zero-order valence-electron chi connectivity index (χ0n) is 29.3. The molecule has 0 fully saturated rings. The Balaban J connectivity index is 0.000000710. The van der Waals surface area contributed by atoms with Crippen LogP contribution < -0.4 is 27.0 Å². The van der Waals surface area contributed by atoms with E-state index >= 15 is 0 Å². The number of nitrogens with one attached hydrogen (secondary N) is 4. The van der Waals surface area contributed by atoms with Gasteiger partial charge in [0.2, 0.25) is 11.8 Å². The topological polar surface area (TPSA) is 180 Å². The Morgan fingerprint density at radius 2 is 0.957 bits per heavy atom. The lowest BCUT2D eigenvalue weighted by molar-refractivity contribution is -0.139. The van der Waals surface area contributed by atoms with E-state index in [1.165, 1.54) is 0 Å². The Hall–Kier alpha value is -3.93. The summed E-state index contributed by atoms with van der Waals surface area (Å²) in [6.45, 7) is 12.3. The molecular formula is C36H57N5O6. The number of Topliss-reactive ketones (excluding diaryl/α,β-unsaturated/α-hetero) is 2. The minimum absolute atomic E-state index is 0.00161. The summed E-state index contributed by atoms with van der Waals surface area (Å²) in [5, 5.41) is 20.0. The Bertz CT molecular complexity index is 1200. The Labute approximate surface area is 280 Å². The first-order chi connectivity index (χ1) is 22.1. The third-order valence-electron chi connectivity index (χ3n) is 6.79. The SMILES string of the molecule is CC(C)C[C@H](NCC(=O)c1ccccc1)C(=O)O.CNC(=O)[C@@H](N)CC(C)C.CNC(=O)[C@H](CC(C)C)NCC(=O)c1ccccc1. The molecule has 0 aromatic heterocycles. The second kappa shape index (κ2) is 24.3. The number of ketones is 2. The zero-order valence-corrected chi connectivity index (χ0v) is 29.3. The molecule has 3 atom stereocenters. The highest BCUT2D eigenvalue weighted by molar-refractivity contribution is 5.98. The van der Waals surface area contributed by atoms with Gasteiger partial charge >= 0.3 is 5.97 Å². The smallest absolute Gasteiger partial charge is 0.320 e. The number of carboxylic acid groups (broad SMARTS) is 1. The fraction of sp³-hybridized carbons (Fsp3) is 0.528. The monoisotopic (exact) mass is 655 g/mol. The molecule has 0 aliphatic rings. The fourth-order valence-electron chi connectivity index (χ4n) is 4.36. The quantitative estimate of drug-likeness (QED) is 0.139. The van der Waals surface area contributed by atoms with Crippen LogP contribution in [-0.4, -0.2) is 79.8 Å². The van der Waals surface area contributed by atoms with Gasteiger partial charge in [0.15, 0.2) is 11.6 Å². The summed E-state index contributed by atoms with van der Waals surface area (Å²) < 4.78 is 0. The van der Waals surface area contributed by atoms with Gasteiger partial charge in [-0.2, -0.15) is 0 Å². The van der Waals surface area contributed by atoms with E-state index in [0.717, 1.165) is 6.42 Å². The molecule has 262 valence electrons. The van der Waals surface area contributed by atoms with Crippen molar-refractivity contribution < 1.29 is 29.1 Å². The highest BCUT2D eigenvalue weighted by atomic mass is 16.4. The first kappa shape index (κ1) is 43.1. The van der Waals surface area contributed by atoms with Gasteiger partial charge in [-0.05, 0) is 37.0 Å². The molecular weight excluding hydrogens is 598 g/mol. The lowest BCUT2D eigenvalue weighted by Crippen LogP contribution is -2.45. The molecule has 0 heterocycles. The average molecular weight is 656 g/mol. The minimum Gasteiger partial charge on any atom is -0.480 e. The first-order valence-corrected chi connectivity index (χ1v) is 16.2. The zero-order chi connectivity index (χ0) is 35.9. The van der Waals surface area contributed by atoms with Crippen LogP contribution in [0.1, 0.15) is 81.5 Å². The summed E-state index contributed by atoms with van der Waals surface area (Å²) in [7, 11) is 3.21. The van der Waals surface area contributed by atoms with Crippen molar-refractivity contribution in [3.05, 3.63) is 71.8 Å². The Morgan fingerprint density at radius 3 is 1.30 bits per heavy atom. The van der Waals surface area contributed by atoms with Crippen LogP contribution >= 0.6 is 0 Å². The van der Waals surface area contributed by atoms with Crippen LogP contribution in [0.25, 0.3) is 0 Å². The summed E-state index contributed by atoms with van der Waals surface area (Å²) in [5.41, 5.74) is 6.77. The van der Waals surface area contributed by atoms with Crippen LogP contribution in [0.15, 0.2) is 60.7 Å². The van der Waals surface area contributed by atoms with E-state index in [2.05, 4.69) is 35.1 Å². The molecule has 47 heavy (non-hydrogen) atoms. The molecule has 7 N–H and O–H groups in total. The van der Waals surface area contributed by atoms with Crippen LogP contribution in [0, 0.1) is 17.8 Å². The number of nitrogens with two attached hydrogens (primary N) is 1. The van der Waals surface area contributed by atoms with E-state index in [1.54, 1.807) is 50.5 Å². The second-order valence-electron chi connectivity index (χ2n) is 12.5. The standard InChI is InChI=1S/C15H22N2O2.C14H19NO3.C7H16N2O/c1-11(2)9-13(15(19)16-3)17-10-14(18)12-7-5-4-6-8-12;1-10(2)8-12(14(17)18)15-9-13(16)11-6-4-3-5-7-11;1-5(2)4-6(8)7(10)9-3/h4-8,11,13,17H,9-10H2,1-3H3,(H,16,19);3-7,10,12,15H,8-9H2,1-2H3,(H,17,18);5-6H,4,8H2,1-3H3,(H,9,10)/t13-;12-;6-/m000/s1. The highest BCUT2D eigenvalue weighted by Gasteiger charge is 2.20. The van der Waals surface area contributed by atoms with Crippen LogP contribution in [0.4, 0.5) is 0 Å². The van der Waals surface area contributed by atoms with E-state index in [0.29, 0.717) is 35.8 Å². The molecule has 2 rings (SSSR count). The summed E-state index contributed by atoms with van der Waals surface area (Å²) in [5.74, 6) is -0.0176. The highest BCUT2D eigenvalue weighted by Crippen LogP contribution is 2.07. The van der Waals surface area contributed by atoms with Gasteiger partial charge in [-0.3, -0.25) is 34.6 Å². The summed E-state index contributed by atoms with van der Waals surface area (Å²) >= 11 is 0. The number of carbonyl (C=O) groups excluding carboxylic acids is 4. The molecule has 0 bridgehead atoms. The Kier molecular flexibility index (Phi) is 22.2. The minimum atomic E-state index is -0.912. The van der Waals surface area contributed by atoms with Gasteiger partial charge in [-0.1, -0.05) is 102 Å². The van der Waals surface area contributed by atoms with E-state index in [9.17, 15) is 24.0 Å². The maximum atomic E-state index is 12.0. The number of benzene rings is 2. The molecule has 0 aliphatic heterocycles. The van der Waals surface area contributed by atoms with Crippen LogP contribution in [0.3, 0.4) is 0 Å². The van der Waals surface area contributed by atoms with Crippen LogP contribution in [0.2, 0.25) is 0 Å². The van der Waals surface area contributed by atoms with Crippen LogP contribution in [0.5, 0.6) is 0 Å². The molecule has 0 saturated carbocycles. The third-order valence-corrected chi connectivity index (χ3v) is 6.79. The molecule has 0 unspecified atom stereocenters. The number of likely N-dealkylation sites (N-methyl/N-ethyl adjacent to an activating group) is 2. The van der Waals surface area contributed by atoms with E-state index in [1.807, 2.05) is 52.0 Å². The molecule has 2 amide bonds. The molecule has 2 aromatic carbocycles. The molecule has 11 nitrogen and oxygen atoms in total. The van der Waals surface area contributed by atoms with E-state index in [4.69, 9.17) is 10.8 Å². The van der Waals surface area contributed by atoms with Crippen molar-refractivity contribution >= 4 is 29.4 Å².